The lowest BCUT2D eigenvalue weighted by Crippen LogP contribution is -2.38. The van der Waals surface area contributed by atoms with Crippen LogP contribution in [0, 0.1) is 17.3 Å². The summed E-state index contributed by atoms with van der Waals surface area (Å²) in [5.74, 6) is 0.554. The van der Waals surface area contributed by atoms with Crippen LogP contribution in [0.5, 0.6) is 0 Å². The standard InChI is InChI=1S/C16H25NO3S/c1-16(2,3)14(19)11-6-4-10(5-7-11)9-17-13(18)8-12(21)15(17)20/h10-12,21H,4-9H2,1-3H3. The minimum Gasteiger partial charge on any atom is -0.299 e. The van der Waals surface area contributed by atoms with Gasteiger partial charge in [-0.05, 0) is 31.6 Å². The second kappa shape index (κ2) is 6.11. The summed E-state index contributed by atoms with van der Waals surface area (Å²) in [4.78, 5) is 37.3. The van der Waals surface area contributed by atoms with Crippen LogP contribution < -0.4 is 0 Å². The van der Waals surface area contributed by atoms with Crippen molar-refractivity contribution in [3.63, 3.8) is 0 Å². The largest absolute Gasteiger partial charge is 0.299 e. The zero-order valence-electron chi connectivity index (χ0n) is 13.1. The number of carbonyl (C=O) groups is 3. The van der Waals surface area contributed by atoms with Crippen LogP contribution in [0.25, 0.3) is 0 Å². The molecular weight excluding hydrogens is 286 g/mol. The zero-order valence-corrected chi connectivity index (χ0v) is 14.0. The second-order valence-electron chi connectivity index (χ2n) is 7.39. The van der Waals surface area contributed by atoms with Crippen LogP contribution in [-0.2, 0) is 14.4 Å². The van der Waals surface area contributed by atoms with E-state index >= 15 is 0 Å². The lowest BCUT2D eigenvalue weighted by molar-refractivity contribution is -0.140. The van der Waals surface area contributed by atoms with Crippen molar-refractivity contribution in [3.8, 4) is 0 Å². The fourth-order valence-electron chi connectivity index (χ4n) is 3.34. The Morgan fingerprint density at radius 1 is 1.19 bits per heavy atom. The molecule has 2 rings (SSSR count). The minimum absolute atomic E-state index is 0.104. The number of Topliss-reactive ketones (excluding diaryl/α,β-unsaturated/α-hetero) is 1. The van der Waals surface area contributed by atoms with E-state index in [1.54, 1.807) is 0 Å². The van der Waals surface area contributed by atoms with Crippen LogP contribution in [-0.4, -0.2) is 34.3 Å². The fraction of sp³-hybridized carbons (Fsp3) is 0.812. The number of rotatable bonds is 3. The third-order valence-corrected chi connectivity index (χ3v) is 5.02. The summed E-state index contributed by atoms with van der Waals surface area (Å²) >= 11 is 4.14. The minimum atomic E-state index is -0.462. The molecule has 118 valence electrons. The number of likely N-dealkylation sites (tertiary alicyclic amines) is 1. The van der Waals surface area contributed by atoms with Crippen LogP contribution in [0.3, 0.4) is 0 Å². The lowest BCUT2D eigenvalue weighted by atomic mass is 9.73. The van der Waals surface area contributed by atoms with Crippen molar-refractivity contribution < 1.29 is 14.4 Å². The molecule has 1 atom stereocenters. The lowest BCUT2D eigenvalue weighted by Gasteiger charge is -2.32. The third kappa shape index (κ3) is 3.68. The normalized spacial score (nSPS) is 30.9. The van der Waals surface area contributed by atoms with Gasteiger partial charge >= 0.3 is 0 Å². The SMILES string of the molecule is CC(C)(C)C(=O)C1CCC(CN2C(=O)CC(S)C2=O)CC1. The van der Waals surface area contributed by atoms with Crippen LogP contribution in [0.2, 0.25) is 0 Å². The molecule has 2 aliphatic rings. The Balaban J connectivity index is 1.86. The molecule has 0 N–H and O–H groups in total. The van der Waals surface area contributed by atoms with Gasteiger partial charge in [0, 0.05) is 24.3 Å². The van der Waals surface area contributed by atoms with Crippen molar-refractivity contribution in [3.05, 3.63) is 0 Å². The number of ketones is 1. The highest BCUT2D eigenvalue weighted by atomic mass is 32.1. The van der Waals surface area contributed by atoms with Gasteiger partial charge in [0.05, 0.1) is 5.25 Å². The Morgan fingerprint density at radius 2 is 1.76 bits per heavy atom. The Morgan fingerprint density at radius 3 is 2.19 bits per heavy atom. The maximum Gasteiger partial charge on any atom is 0.242 e. The monoisotopic (exact) mass is 311 g/mol. The van der Waals surface area contributed by atoms with Crippen molar-refractivity contribution >= 4 is 30.2 Å². The van der Waals surface area contributed by atoms with Gasteiger partial charge in [-0.15, -0.1) is 0 Å². The first-order chi connectivity index (χ1) is 9.70. The summed E-state index contributed by atoms with van der Waals surface area (Å²) in [6, 6.07) is 0. The van der Waals surface area contributed by atoms with Crippen LogP contribution in [0.4, 0.5) is 0 Å². The molecular formula is C16H25NO3S. The fourth-order valence-corrected chi connectivity index (χ4v) is 3.63. The summed E-state index contributed by atoms with van der Waals surface area (Å²) in [7, 11) is 0. The van der Waals surface area contributed by atoms with Gasteiger partial charge in [-0.3, -0.25) is 19.3 Å². The van der Waals surface area contributed by atoms with Gasteiger partial charge in [0.2, 0.25) is 11.8 Å². The molecule has 0 aromatic carbocycles. The van der Waals surface area contributed by atoms with Crippen molar-refractivity contribution in [1.82, 2.24) is 4.90 Å². The first-order valence-electron chi connectivity index (χ1n) is 7.76. The smallest absolute Gasteiger partial charge is 0.242 e. The Kier molecular flexibility index (Phi) is 4.81. The first-order valence-corrected chi connectivity index (χ1v) is 8.28. The van der Waals surface area contributed by atoms with E-state index in [1.807, 2.05) is 20.8 Å². The van der Waals surface area contributed by atoms with Crippen LogP contribution >= 0.6 is 12.6 Å². The molecule has 4 nitrogen and oxygen atoms in total. The Hall–Kier alpha value is -0.840. The number of carbonyl (C=O) groups excluding carboxylic acids is 3. The van der Waals surface area contributed by atoms with Crippen molar-refractivity contribution in [2.75, 3.05) is 6.54 Å². The van der Waals surface area contributed by atoms with E-state index < -0.39 is 5.25 Å². The van der Waals surface area contributed by atoms with Gasteiger partial charge in [0.15, 0.2) is 0 Å². The Bertz CT molecular complexity index is 447. The van der Waals surface area contributed by atoms with Gasteiger partial charge in [-0.2, -0.15) is 12.6 Å². The molecule has 5 heteroatoms. The van der Waals surface area contributed by atoms with Crippen LogP contribution in [0.15, 0.2) is 0 Å². The zero-order chi connectivity index (χ0) is 15.8. The van der Waals surface area contributed by atoms with Gasteiger partial charge in [-0.25, -0.2) is 0 Å². The molecule has 0 radical (unpaired) electrons. The number of amides is 2. The summed E-state index contributed by atoms with van der Waals surface area (Å²) < 4.78 is 0. The quantitative estimate of drug-likeness (QED) is 0.643. The molecule has 2 fully saturated rings. The number of hydrogen-bond donors (Lipinski definition) is 1. The molecule has 0 aromatic heterocycles. The number of hydrogen-bond acceptors (Lipinski definition) is 4. The molecule has 1 aliphatic carbocycles. The van der Waals surface area contributed by atoms with E-state index in [1.165, 1.54) is 4.90 Å². The van der Waals surface area contributed by atoms with Crippen molar-refractivity contribution in [2.24, 2.45) is 17.3 Å². The highest BCUT2D eigenvalue weighted by molar-refractivity contribution is 7.81. The maximum atomic E-state index is 12.3. The van der Waals surface area contributed by atoms with E-state index in [-0.39, 0.29) is 29.6 Å². The van der Waals surface area contributed by atoms with Crippen molar-refractivity contribution in [2.45, 2.75) is 58.1 Å². The number of imide groups is 1. The highest BCUT2D eigenvalue weighted by Crippen LogP contribution is 2.35. The molecule has 1 saturated carbocycles. The molecule has 0 aromatic rings. The molecule has 1 saturated heterocycles. The van der Waals surface area contributed by atoms with Gasteiger partial charge in [0.25, 0.3) is 0 Å². The van der Waals surface area contributed by atoms with E-state index in [0.717, 1.165) is 25.7 Å². The van der Waals surface area contributed by atoms with Gasteiger partial charge < -0.3 is 0 Å². The summed E-state index contributed by atoms with van der Waals surface area (Å²) in [6.45, 7) is 6.41. The maximum absolute atomic E-state index is 12.3. The molecule has 1 unspecified atom stereocenters. The summed E-state index contributed by atoms with van der Waals surface area (Å²) in [5.41, 5.74) is -0.280. The molecule has 1 aliphatic heterocycles. The molecule has 1 heterocycles. The predicted molar refractivity (Wildman–Crippen MR) is 84.0 cm³/mol. The van der Waals surface area contributed by atoms with E-state index in [4.69, 9.17) is 0 Å². The van der Waals surface area contributed by atoms with Gasteiger partial charge in [-0.1, -0.05) is 20.8 Å². The van der Waals surface area contributed by atoms with E-state index in [2.05, 4.69) is 12.6 Å². The average Bonchev–Trinajstić information content (AvgIpc) is 2.64. The van der Waals surface area contributed by atoms with Gasteiger partial charge in [0.1, 0.15) is 5.78 Å². The van der Waals surface area contributed by atoms with E-state index in [0.29, 0.717) is 18.2 Å². The van der Waals surface area contributed by atoms with Crippen LogP contribution in [0.1, 0.15) is 52.9 Å². The van der Waals surface area contributed by atoms with E-state index in [9.17, 15) is 14.4 Å². The average molecular weight is 311 g/mol. The molecule has 21 heavy (non-hydrogen) atoms. The third-order valence-electron chi connectivity index (χ3n) is 4.62. The molecule has 2 amide bonds. The summed E-state index contributed by atoms with van der Waals surface area (Å²) in [5, 5.41) is -0.462. The first kappa shape index (κ1) is 16.5. The Labute approximate surface area is 132 Å². The second-order valence-corrected chi connectivity index (χ2v) is 8.02. The topological polar surface area (TPSA) is 54.5 Å². The number of thiol groups is 1. The molecule has 0 bridgehead atoms. The predicted octanol–water partition coefficient (Wildman–Crippen LogP) is 2.47. The van der Waals surface area contributed by atoms with Crippen molar-refractivity contribution in [1.29, 1.82) is 0 Å². The summed E-state index contributed by atoms with van der Waals surface area (Å²) in [6.07, 6.45) is 3.81. The highest BCUT2D eigenvalue weighted by Gasteiger charge is 2.39. The molecule has 0 spiro atoms. The number of nitrogens with zero attached hydrogens (tertiary/aromatic N) is 1.